The number of aromatic nitrogens is 1. The normalized spacial score (nSPS) is 11.1. The number of ether oxygens (including phenoxy) is 1. The third-order valence-corrected chi connectivity index (χ3v) is 5.11. The van der Waals surface area contributed by atoms with E-state index in [0.717, 1.165) is 0 Å². The zero-order chi connectivity index (χ0) is 25.9. The van der Waals surface area contributed by atoms with Crippen molar-refractivity contribution in [2.45, 2.75) is 26.4 Å². The quantitative estimate of drug-likeness (QED) is 0.515. The number of carbonyl (C=O) groups excluding carboxylic acids is 3. The van der Waals surface area contributed by atoms with E-state index in [2.05, 4.69) is 10.6 Å². The first-order valence-corrected chi connectivity index (χ1v) is 10.8. The summed E-state index contributed by atoms with van der Waals surface area (Å²) in [4.78, 5) is 51.4. The van der Waals surface area contributed by atoms with Crippen LogP contribution in [0.1, 0.15) is 31.1 Å². The Hall–Kier alpha value is -4.34. The van der Waals surface area contributed by atoms with E-state index >= 15 is 0 Å². The Labute approximate surface area is 202 Å². The van der Waals surface area contributed by atoms with Gasteiger partial charge in [-0.05, 0) is 51.1 Å². The van der Waals surface area contributed by atoms with Gasteiger partial charge in [-0.15, -0.1) is 0 Å². The lowest BCUT2D eigenvalue weighted by Crippen LogP contribution is -2.37. The van der Waals surface area contributed by atoms with Crippen LogP contribution in [0, 0.1) is 0 Å². The number of anilines is 2. The van der Waals surface area contributed by atoms with Crippen LogP contribution in [-0.2, 0) is 16.6 Å². The molecule has 0 aliphatic heterocycles. The fraction of sp³-hybridized carbons (Fsp3) is 0.280. The summed E-state index contributed by atoms with van der Waals surface area (Å²) in [5, 5.41) is 16.1. The van der Waals surface area contributed by atoms with Crippen molar-refractivity contribution in [3.63, 3.8) is 0 Å². The number of fused-ring (bicyclic) bond motifs is 1. The van der Waals surface area contributed by atoms with E-state index in [0.29, 0.717) is 16.9 Å². The van der Waals surface area contributed by atoms with Crippen LogP contribution in [0.4, 0.5) is 16.2 Å². The summed E-state index contributed by atoms with van der Waals surface area (Å²) >= 11 is 0. The molecule has 3 N–H and O–H groups in total. The van der Waals surface area contributed by atoms with Gasteiger partial charge in [-0.2, -0.15) is 0 Å². The number of aromatic hydroxyl groups is 1. The SMILES string of the molecule is CN(C(=O)c1c(O)c2cc(NC(=O)CNC(=O)OC(C)(C)C)ccc2n(C)c1=O)c1ccccc1. The Bertz CT molecular complexity index is 1340. The number of nitrogens with zero attached hydrogens (tertiary/aromatic N) is 2. The number of para-hydroxylation sites is 1. The van der Waals surface area contributed by atoms with Gasteiger partial charge in [0.05, 0.1) is 5.52 Å². The average Bonchev–Trinajstić information content (AvgIpc) is 2.80. The number of amides is 3. The summed E-state index contributed by atoms with van der Waals surface area (Å²) in [6.07, 6.45) is -0.732. The molecule has 10 heteroatoms. The number of benzene rings is 2. The fourth-order valence-electron chi connectivity index (χ4n) is 3.41. The number of rotatable bonds is 5. The summed E-state index contributed by atoms with van der Waals surface area (Å²) in [6.45, 7) is 4.78. The Balaban J connectivity index is 1.88. The van der Waals surface area contributed by atoms with Crippen molar-refractivity contribution in [1.82, 2.24) is 9.88 Å². The minimum absolute atomic E-state index is 0.204. The number of hydrogen-bond donors (Lipinski definition) is 3. The zero-order valence-electron chi connectivity index (χ0n) is 20.2. The van der Waals surface area contributed by atoms with Crippen molar-refractivity contribution < 1.29 is 24.2 Å². The van der Waals surface area contributed by atoms with Gasteiger partial charge in [0.15, 0.2) is 0 Å². The summed E-state index contributed by atoms with van der Waals surface area (Å²) in [6, 6.07) is 13.3. The lowest BCUT2D eigenvalue weighted by Gasteiger charge is -2.20. The Morgan fingerprint density at radius 3 is 2.37 bits per heavy atom. The smallest absolute Gasteiger partial charge is 0.408 e. The molecule has 0 unspecified atom stereocenters. The van der Waals surface area contributed by atoms with Crippen molar-refractivity contribution in [3.8, 4) is 5.75 Å². The average molecular weight is 481 g/mol. The Morgan fingerprint density at radius 2 is 1.74 bits per heavy atom. The number of pyridine rings is 1. The van der Waals surface area contributed by atoms with E-state index in [1.165, 1.54) is 29.6 Å². The standard InChI is InChI=1S/C25H28N4O6/c1-25(2,3)35-24(34)26-14-19(30)27-15-11-12-18-17(13-15)21(31)20(23(33)29(18)5)22(32)28(4)16-9-7-6-8-10-16/h6-13,31H,14H2,1-5H3,(H,26,34)(H,27,30). The lowest BCUT2D eigenvalue weighted by atomic mass is 10.1. The summed E-state index contributed by atoms with van der Waals surface area (Å²) in [5.41, 5.74) is -0.510. The van der Waals surface area contributed by atoms with Crippen molar-refractivity contribution in [2.24, 2.45) is 7.05 Å². The number of aryl methyl sites for hydroxylation is 1. The number of alkyl carbamates (subject to hydrolysis) is 1. The highest BCUT2D eigenvalue weighted by Gasteiger charge is 2.25. The Morgan fingerprint density at radius 1 is 1.09 bits per heavy atom. The predicted molar refractivity (Wildman–Crippen MR) is 133 cm³/mol. The molecule has 3 aromatic rings. The first-order chi connectivity index (χ1) is 16.4. The first-order valence-electron chi connectivity index (χ1n) is 10.8. The molecule has 2 aromatic carbocycles. The van der Waals surface area contributed by atoms with Gasteiger partial charge in [0.25, 0.3) is 11.5 Å². The molecule has 0 aliphatic rings. The topological polar surface area (TPSA) is 130 Å². The van der Waals surface area contributed by atoms with Gasteiger partial charge in [0.2, 0.25) is 5.91 Å². The van der Waals surface area contributed by atoms with Crippen molar-refractivity contribution in [3.05, 3.63) is 64.4 Å². The Kier molecular flexibility index (Phi) is 7.14. The second-order valence-electron chi connectivity index (χ2n) is 8.92. The molecule has 0 saturated carbocycles. The molecular weight excluding hydrogens is 452 g/mol. The molecule has 184 valence electrons. The van der Waals surface area contributed by atoms with E-state index in [9.17, 15) is 24.3 Å². The van der Waals surface area contributed by atoms with E-state index < -0.39 is 34.8 Å². The van der Waals surface area contributed by atoms with E-state index in [4.69, 9.17) is 4.74 Å². The molecule has 35 heavy (non-hydrogen) atoms. The highest BCUT2D eigenvalue weighted by molar-refractivity contribution is 6.10. The minimum Gasteiger partial charge on any atom is -0.506 e. The van der Waals surface area contributed by atoms with Crippen LogP contribution < -0.4 is 21.1 Å². The lowest BCUT2D eigenvalue weighted by molar-refractivity contribution is -0.115. The highest BCUT2D eigenvalue weighted by atomic mass is 16.6. The molecule has 0 aliphatic carbocycles. The van der Waals surface area contributed by atoms with Gasteiger partial charge >= 0.3 is 6.09 Å². The molecular formula is C25H28N4O6. The number of hydrogen-bond acceptors (Lipinski definition) is 6. The molecule has 0 spiro atoms. The van der Waals surface area contributed by atoms with Gasteiger partial charge in [-0.3, -0.25) is 14.4 Å². The maximum absolute atomic E-state index is 13.1. The van der Waals surface area contributed by atoms with Crippen LogP contribution in [0.15, 0.2) is 53.3 Å². The molecule has 0 saturated heterocycles. The zero-order valence-corrected chi connectivity index (χ0v) is 20.2. The number of nitrogens with one attached hydrogen (secondary N) is 2. The molecule has 0 atom stereocenters. The highest BCUT2D eigenvalue weighted by Crippen LogP contribution is 2.30. The van der Waals surface area contributed by atoms with Crippen LogP contribution in [0.3, 0.4) is 0 Å². The molecule has 0 fully saturated rings. The van der Waals surface area contributed by atoms with Gasteiger partial charge in [-0.1, -0.05) is 18.2 Å². The van der Waals surface area contributed by atoms with Crippen LogP contribution in [-0.4, -0.2) is 46.8 Å². The predicted octanol–water partition coefficient (Wildman–Crippen LogP) is 2.98. The van der Waals surface area contributed by atoms with Gasteiger partial charge in [0.1, 0.15) is 23.5 Å². The molecule has 3 amide bonds. The maximum atomic E-state index is 13.1. The van der Waals surface area contributed by atoms with Gasteiger partial charge in [0, 0.05) is 30.9 Å². The van der Waals surface area contributed by atoms with Gasteiger partial charge < -0.3 is 29.9 Å². The summed E-state index contributed by atoms with van der Waals surface area (Å²) in [7, 11) is 3.00. The maximum Gasteiger partial charge on any atom is 0.408 e. The van der Waals surface area contributed by atoms with Crippen LogP contribution in [0.5, 0.6) is 5.75 Å². The molecule has 1 aromatic heterocycles. The fourth-order valence-corrected chi connectivity index (χ4v) is 3.41. The van der Waals surface area contributed by atoms with Gasteiger partial charge in [-0.25, -0.2) is 4.79 Å². The molecule has 1 heterocycles. The summed E-state index contributed by atoms with van der Waals surface area (Å²) < 4.78 is 6.35. The van der Waals surface area contributed by atoms with Crippen LogP contribution in [0.25, 0.3) is 10.9 Å². The van der Waals surface area contributed by atoms with Crippen molar-refractivity contribution in [2.75, 3.05) is 23.8 Å². The van der Waals surface area contributed by atoms with Crippen LogP contribution in [0.2, 0.25) is 0 Å². The summed E-state index contributed by atoms with van der Waals surface area (Å²) in [5.74, 6) is -1.69. The minimum atomic E-state index is -0.732. The first kappa shape index (κ1) is 25.3. The van der Waals surface area contributed by atoms with Crippen molar-refractivity contribution >= 4 is 40.2 Å². The molecule has 0 bridgehead atoms. The second kappa shape index (κ2) is 9.88. The number of carbonyl (C=O) groups is 3. The van der Waals surface area contributed by atoms with E-state index in [1.807, 2.05) is 0 Å². The van der Waals surface area contributed by atoms with E-state index in [1.54, 1.807) is 63.2 Å². The molecule has 10 nitrogen and oxygen atoms in total. The second-order valence-corrected chi connectivity index (χ2v) is 8.92. The third-order valence-electron chi connectivity index (χ3n) is 5.11. The third kappa shape index (κ3) is 5.78. The van der Waals surface area contributed by atoms with Crippen molar-refractivity contribution in [1.29, 1.82) is 0 Å². The molecule has 0 radical (unpaired) electrons. The largest absolute Gasteiger partial charge is 0.506 e. The molecule has 3 rings (SSSR count). The monoisotopic (exact) mass is 480 g/mol. The van der Waals surface area contributed by atoms with E-state index in [-0.39, 0.29) is 17.5 Å². The van der Waals surface area contributed by atoms with Crippen LogP contribution >= 0.6 is 0 Å².